The fourth-order valence-electron chi connectivity index (χ4n) is 6.99. The molecule has 0 aromatic carbocycles. The second-order valence-electron chi connectivity index (χ2n) is 10.9. The first-order chi connectivity index (χ1) is 14.5. The Hall–Kier alpha value is -1.10. The molecule has 30 heavy (non-hydrogen) atoms. The van der Waals surface area contributed by atoms with Gasteiger partial charge in [0.25, 0.3) is 0 Å². The zero-order valence-corrected chi connectivity index (χ0v) is 19.4. The number of likely N-dealkylation sites (tertiary alicyclic amines) is 1. The molecule has 0 aromatic heterocycles. The quantitative estimate of drug-likeness (QED) is 0.733. The van der Waals surface area contributed by atoms with Crippen LogP contribution in [0.25, 0.3) is 0 Å². The number of carbonyl (C=O) groups excluding carboxylic acids is 2. The molecule has 7 atom stereocenters. The molecule has 2 aliphatic carbocycles. The third-order valence-electron chi connectivity index (χ3n) is 9.05. The maximum Gasteiger partial charge on any atom is 0.225 e. The summed E-state index contributed by atoms with van der Waals surface area (Å²) in [5.74, 6) is 2.53. The van der Waals surface area contributed by atoms with Gasteiger partial charge in [0.1, 0.15) is 0 Å². The van der Waals surface area contributed by atoms with Crippen molar-refractivity contribution in [3.63, 3.8) is 0 Å². The van der Waals surface area contributed by atoms with E-state index in [1.54, 1.807) is 0 Å². The molecule has 2 saturated carbocycles. The third kappa shape index (κ3) is 4.56. The molecule has 0 radical (unpaired) electrons. The van der Waals surface area contributed by atoms with Crippen molar-refractivity contribution < 1.29 is 9.59 Å². The Morgan fingerprint density at radius 1 is 1.10 bits per heavy atom. The lowest BCUT2D eigenvalue weighted by molar-refractivity contribution is -0.148. The molecule has 4 fully saturated rings. The van der Waals surface area contributed by atoms with Crippen LogP contribution in [-0.2, 0) is 9.59 Å². The van der Waals surface area contributed by atoms with E-state index in [1.807, 2.05) is 7.05 Å². The van der Waals surface area contributed by atoms with Crippen molar-refractivity contribution in [1.29, 1.82) is 0 Å². The number of rotatable bonds is 4. The van der Waals surface area contributed by atoms with Crippen molar-refractivity contribution in [3.8, 4) is 0 Å². The molecule has 4 rings (SSSR count). The summed E-state index contributed by atoms with van der Waals surface area (Å²) in [6.45, 7) is 5.60. The molecule has 7 unspecified atom stereocenters. The van der Waals surface area contributed by atoms with Crippen molar-refractivity contribution in [2.75, 3.05) is 13.6 Å². The van der Waals surface area contributed by atoms with Gasteiger partial charge in [-0.1, -0.05) is 33.1 Å². The highest BCUT2D eigenvalue weighted by molar-refractivity contribution is 5.80. The van der Waals surface area contributed by atoms with Crippen LogP contribution in [0.4, 0.5) is 0 Å². The highest BCUT2D eigenvalue weighted by Crippen LogP contribution is 2.43. The highest BCUT2D eigenvalue weighted by atomic mass is 16.2. The lowest BCUT2D eigenvalue weighted by Gasteiger charge is -2.50. The summed E-state index contributed by atoms with van der Waals surface area (Å²) in [6.07, 6.45) is 12.2. The molecule has 4 aliphatic rings. The van der Waals surface area contributed by atoms with E-state index in [9.17, 15) is 9.59 Å². The van der Waals surface area contributed by atoms with Crippen molar-refractivity contribution >= 4 is 11.8 Å². The van der Waals surface area contributed by atoms with Gasteiger partial charge in [-0.3, -0.25) is 9.59 Å². The van der Waals surface area contributed by atoms with Gasteiger partial charge < -0.3 is 15.5 Å². The van der Waals surface area contributed by atoms with E-state index in [2.05, 4.69) is 29.4 Å². The Labute approximate surface area is 183 Å². The maximum atomic E-state index is 13.4. The first-order valence-electron chi connectivity index (χ1n) is 12.8. The molecular weight excluding hydrogens is 374 g/mol. The largest absolute Gasteiger partial charge is 0.353 e. The number of piperidine rings is 2. The molecule has 2 amide bonds. The minimum absolute atomic E-state index is 0.126. The number of fused-ring (bicyclic) bond motifs is 1. The molecule has 2 saturated heterocycles. The van der Waals surface area contributed by atoms with Crippen LogP contribution in [0, 0.1) is 29.6 Å². The molecule has 0 aromatic rings. The number of amides is 2. The monoisotopic (exact) mass is 417 g/mol. The summed E-state index contributed by atoms with van der Waals surface area (Å²) in [6, 6.07) is 1.21. The second-order valence-corrected chi connectivity index (χ2v) is 10.9. The molecule has 0 spiro atoms. The van der Waals surface area contributed by atoms with Crippen LogP contribution in [-0.4, -0.2) is 48.4 Å². The molecule has 0 bridgehead atoms. The van der Waals surface area contributed by atoms with Gasteiger partial charge in [-0.15, -0.1) is 0 Å². The second kappa shape index (κ2) is 9.58. The Morgan fingerprint density at radius 2 is 1.87 bits per heavy atom. The molecule has 2 aliphatic heterocycles. The van der Waals surface area contributed by atoms with E-state index in [-0.39, 0.29) is 23.8 Å². The van der Waals surface area contributed by atoms with Crippen LogP contribution < -0.4 is 10.6 Å². The first-order valence-corrected chi connectivity index (χ1v) is 12.8. The van der Waals surface area contributed by atoms with Crippen LogP contribution in [0.5, 0.6) is 0 Å². The van der Waals surface area contributed by atoms with E-state index < -0.39 is 0 Å². The van der Waals surface area contributed by atoms with Crippen LogP contribution >= 0.6 is 0 Å². The average molecular weight is 418 g/mol. The number of carbonyl (C=O) groups is 2. The van der Waals surface area contributed by atoms with Gasteiger partial charge in [-0.05, 0) is 69.1 Å². The molecular formula is C25H43N3O2. The summed E-state index contributed by atoms with van der Waals surface area (Å²) in [7, 11) is 2.04. The van der Waals surface area contributed by atoms with E-state index in [1.165, 1.54) is 19.3 Å². The highest BCUT2D eigenvalue weighted by Gasteiger charge is 2.47. The Balaban J connectivity index is 1.39. The summed E-state index contributed by atoms with van der Waals surface area (Å²) in [5.41, 5.74) is 0. The van der Waals surface area contributed by atoms with E-state index in [4.69, 9.17) is 0 Å². The van der Waals surface area contributed by atoms with Gasteiger partial charge in [0.05, 0.1) is 0 Å². The minimum Gasteiger partial charge on any atom is -0.353 e. The van der Waals surface area contributed by atoms with E-state index >= 15 is 0 Å². The Bertz CT molecular complexity index is 618. The number of hydrogen-bond acceptors (Lipinski definition) is 3. The zero-order chi connectivity index (χ0) is 21.3. The van der Waals surface area contributed by atoms with E-state index in [0.717, 1.165) is 57.9 Å². The smallest absolute Gasteiger partial charge is 0.225 e. The van der Waals surface area contributed by atoms with Gasteiger partial charge in [0, 0.05) is 43.6 Å². The summed E-state index contributed by atoms with van der Waals surface area (Å²) >= 11 is 0. The first kappa shape index (κ1) is 22.1. The maximum absolute atomic E-state index is 13.4. The summed E-state index contributed by atoms with van der Waals surface area (Å²) in [4.78, 5) is 28.3. The molecule has 170 valence electrons. The minimum atomic E-state index is 0.126. The van der Waals surface area contributed by atoms with Crippen LogP contribution in [0.15, 0.2) is 0 Å². The van der Waals surface area contributed by atoms with Gasteiger partial charge in [-0.2, -0.15) is 0 Å². The summed E-state index contributed by atoms with van der Waals surface area (Å²) in [5, 5.41) is 7.11. The molecule has 2 heterocycles. The van der Waals surface area contributed by atoms with Crippen LogP contribution in [0.2, 0.25) is 0 Å². The SMILES string of the molecule is CCC1CC2C(CN1)CC(C1CC(NC(=O)C3CCCCC3)CCC1C)C(=O)N2C. The van der Waals surface area contributed by atoms with E-state index in [0.29, 0.717) is 35.7 Å². The van der Waals surface area contributed by atoms with Gasteiger partial charge in [0.2, 0.25) is 11.8 Å². The lowest BCUT2D eigenvalue weighted by Crippen LogP contribution is -2.60. The van der Waals surface area contributed by atoms with Gasteiger partial charge >= 0.3 is 0 Å². The predicted octanol–water partition coefficient (Wildman–Crippen LogP) is 3.72. The Kier molecular flexibility index (Phi) is 7.06. The normalized spacial score (nSPS) is 40.7. The Morgan fingerprint density at radius 3 is 2.60 bits per heavy atom. The summed E-state index contributed by atoms with van der Waals surface area (Å²) < 4.78 is 0. The molecule has 2 N–H and O–H groups in total. The van der Waals surface area contributed by atoms with Crippen LogP contribution in [0.3, 0.4) is 0 Å². The van der Waals surface area contributed by atoms with Crippen LogP contribution in [0.1, 0.15) is 84.5 Å². The number of nitrogens with one attached hydrogen (secondary N) is 2. The van der Waals surface area contributed by atoms with Crippen molar-refractivity contribution in [2.45, 2.75) is 103 Å². The van der Waals surface area contributed by atoms with Gasteiger partial charge in [0.15, 0.2) is 0 Å². The third-order valence-corrected chi connectivity index (χ3v) is 9.05. The van der Waals surface area contributed by atoms with Crippen molar-refractivity contribution in [1.82, 2.24) is 15.5 Å². The van der Waals surface area contributed by atoms with Gasteiger partial charge in [-0.25, -0.2) is 0 Å². The average Bonchev–Trinajstić information content (AvgIpc) is 2.78. The number of nitrogens with zero attached hydrogens (tertiary/aromatic N) is 1. The fraction of sp³-hybridized carbons (Fsp3) is 0.920. The van der Waals surface area contributed by atoms with Crippen molar-refractivity contribution in [2.24, 2.45) is 29.6 Å². The van der Waals surface area contributed by atoms with Crippen molar-refractivity contribution in [3.05, 3.63) is 0 Å². The molecule has 5 nitrogen and oxygen atoms in total. The topological polar surface area (TPSA) is 61.4 Å². The molecule has 5 heteroatoms. The zero-order valence-electron chi connectivity index (χ0n) is 19.4. The lowest BCUT2D eigenvalue weighted by atomic mass is 9.65. The fourth-order valence-corrected chi connectivity index (χ4v) is 6.99. The standard InChI is InChI=1S/C25H43N3O2/c1-4-19-14-23-18(15-26-19)12-22(25(30)28(23)3)21-13-20(11-10-16(21)2)27-24(29)17-8-6-5-7-9-17/h16-23,26H,4-15H2,1-3H3,(H,27,29). The number of hydrogen-bond donors (Lipinski definition) is 2. The predicted molar refractivity (Wildman–Crippen MR) is 120 cm³/mol.